The molecule has 0 bridgehead atoms. The first-order chi connectivity index (χ1) is 8.88. The van der Waals surface area contributed by atoms with E-state index in [9.17, 15) is 0 Å². The molecule has 2 fully saturated rings. The number of nitrogens with one attached hydrogen (secondary N) is 1. The van der Waals surface area contributed by atoms with Crippen LogP contribution in [-0.2, 0) is 0 Å². The lowest BCUT2D eigenvalue weighted by Crippen LogP contribution is -2.34. The van der Waals surface area contributed by atoms with Gasteiger partial charge in [0.2, 0.25) is 0 Å². The molecule has 1 N–H and O–H groups in total. The van der Waals surface area contributed by atoms with Gasteiger partial charge in [0, 0.05) is 6.04 Å². The molecule has 2 saturated carbocycles. The minimum absolute atomic E-state index is 0.821. The summed E-state index contributed by atoms with van der Waals surface area (Å²) in [6.45, 7) is 3.43. The summed E-state index contributed by atoms with van der Waals surface area (Å²) in [6, 6.07) is 0.821. The lowest BCUT2D eigenvalue weighted by atomic mass is 9.80. The normalized spacial score (nSPS) is 23.7. The number of hydrogen-bond donors (Lipinski definition) is 1. The average molecular weight is 251 g/mol. The van der Waals surface area contributed by atoms with Crippen molar-refractivity contribution in [1.82, 2.24) is 5.32 Å². The van der Waals surface area contributed by atoms with Gasteiger partial charge in [-0.1, -0.05) is 71.1 Å². The molecule has 1 heteroatoms. The van der Waals surface area contributed by atoms with E-state index < -0.39 is 0 Å². The maximum absolute atomic E-state index is 3.78. The standard InChI is InChI=1S/C17H33N/c1-2-18-17(13-15-9-5-3-6-10-15)14-16-11-7-4-8-12-16/h15-18H,2-14H2,1H3. The third kappa shape index (κ3) is 4.91. The monoisotopic (exact) mass is 251 g/mol. The summed E-state index contributed by atoms with van der Waals surface area (Å²) >= 11 is 0. The van der Waals surface area contributed by atoms with Crippen LogP contribution in [0.4, 0.5) is 0 Å². The van der Waals surface area contributed by atoms with Gasteiger partial charge < -0.3 is 5.32 Å². The van der Waals surface area contributed by atoms with Gasteiger partial charge >= 0.3 is 0 Å². The van der Waals surface area contributed by atoms with Crippen molar-refractivity contribution in [3.8, 4) is 0 Å². The highest BCUT2D eigenvalue weighted by atomic mass is 14.9. The first-order valence-corrected chi connectivity index (χ1v) is 8.62. The molecular weight excluding hydrogens is 218 g/mol. The maximum Gasteiger partial charge on any atom is 0.00722 e. The van der Waals surface area contributed by atoms with Gasteiger partial charge in [0.25, 0.3) is 0 Å². The quantitative estimate of drug-likeness (QED) is 0.707. The lowest BCUT2D eigenvalue weighted by Gasteiger charge is -2.31. The van der Waals surface area contributed by atoms with Gasteiger partial charge in [-0.15, -0.1) is 0 Å². The molecule has 106 valence electrons. The fraction of sp³-hybridized carbons (Fsp3) is 1.00. The minimum atomic E-state index is 0.821. The fourth-order valence-corrected chi connectivity index (χ4v) is 4.20. The van der Waals surface area contributed by atoms with E-state index in [0.717, 1.165) is 24.4 Å². The van der Waals surface area contributed by atoms with Gasteiger partial charge in [0.15, 0.2) is 0 Å². The second-order valence-corrected chi connectivity index (χ2v) is 6.73. The molecule has 1 nitrogen and oxygen atoms in total. The summed E-state index contributed by atoms with van der Waals surface area (Å²) in [5.74, 6) is 2.07. The number of hydrogen-bond acceptors (Lipinski definition) is 1. The molecular formula is C17H33N. The molecule has 0 radical (unpaired) electrons. The lowest BCUT2D eigenvalue weighted by molar-refractivity contribution is 0.248. The average Bonchev–Trinajstić information content (AvgIpc) is 2.41. The minimum Gasteiger partial charge on any atom is -0.314 e. The Kier molecular flexibility index (Phi) is 6.54. The van der Waals surface area contributed by atoms with Crippen LogP contribution >= 0.6 is 0 Å². The molecule has 0 atom stereocenters. The van der Waals surface area contributed by atoms with E-state index in [2.05, 4.69) is 12.2 Å². The van der Waals surface area contributed by atoms with Crippen molar-refractivity contribution in [2.45, 2.75) is 90.0 Å². The highest BCUT2D eigenvalue weighted by Gasteiger charge is 2.22. The summed E-state index contributed by atoms with van der Waals surface area (Å²) < 4.78 is 0. The molecule has 2 aliphatic rings. The van der Waals surface area contributed by atoms with Gasteiger partial charge in [-0.3, -0.25) is 0 Å². The predicted octanol–water partition coefficient (Wildman–Crippen LogP) is 4.91. The zero-order valence-corrected chi connectivity index (χ0v) is 12.4. The largest absolute Gasteiger partial charge is 0.314 e. The van der Waals surface area contributed by atoms with Crippen LogP contribution in [0.25, 0.3) is 0 Å². The molecule has 0 aromatic rings. The van der Waals surface area contributed by atoms with Crippen LogP contribution in [-0.4, -0.2) is 12.6 Å². The van der Waals surface area contributed by atoms with Crippen molar-refractivity contribution < 1.29 is 0 Å². The molecule has 0 aromatic carbocycles. The van der Waals surface area contributed by atoms with Gasteiger partial charge in [-0.05, 0) is 31.2 Å². The van der Waals surface area contributed by atoms with Gasteiger partial charge in [0.05, 0.1) is 0 Å². The van der Waals surface area contributed by atoms with E-state index in [1.54, 1.807) is 0 Å². The van der Waals surface area contributed by atoms with E-state index in [1.807, 2.05) is 0 Å². The van der Waals surface area contributed by atoms with Crippen LogP contribution in [0.1, 0.15) is 84.0 Å². The third-order valence-electron chi connectivity index (χ3n) is 5.18. The third-order valence-corrected chi connectivity index (χ3v) is 5.18. The summed E-state index contributed by atoms with van der Waals surface area (Å²) in [5, 5.41) is 3.78. The van der Waals surface area contributed by atoms with Crippen molar-refractivity contribution in [2.75, 3.05) is 6.54 Å². The molecule has 18 heavy (non-hydrogen) atoms. The Hall–Kier alpha value is -0.0400. The summed E-state index contributed by atoms with van der Waals surface area (Å²) in [7, 11) is 0. The molecule has 0 aliphatic heterocycles. The summed E-state index contributed by atoms with van der Waals surface area (Å²) in [6.07, 6.45) is 17.9. The second-order valence-electron chi connectivity index (χ2n) is 6.73. The molecule has 0 spiro atoms. The van der Waals surface area contributed by atoms with Crippen molar-refractivity contribution in [3.05, 3.63) is 0 Å². The second kappa shape index (κ2) is 8.19. The van der Waals surface area contributed by atoms with Gasteiger partial charge in [0.1, 0.15) is 0 Å². The highest BCUT2D eigenvalue weighted by molar-refractivity contribution is 4.78. The van der Waals surface area contributed by atoms with Crippen LogP contribution < -0.4 is 5.32 Å². The first-order valence-electron chi connectivity index (χ1n) is 8.62. The van der Waals surface area contributed by atoms with Gasteiger partial charge in [-0.2, -0.15) is 0 Å². The molecule has 0 heterocycles. The number of rotatable bonds is 6. The van der Waals surface area contributed by atoms with Crippen molar-refractivity contribution in [1.29, 1.82) is 0 Å². The van der Waals surface area contributed by atoms with E-state index in [0.29, 0.717) is 0 Å². The Morgan fingerprint density at radius 2 is 1.22 bits per heavy atom. The van der Waals surface area contributed by atoms with Crippen molar-refractivity contribution in [2.24, 2.45) is 11.8 Å². The molecule has 2 rings (SSSR count). The summed E-state index contributed by atoms with van der Waals surface area (Å²) in [4.78, 5) is 0. The molecule has 2 aliphatic carbocycles. The molecule has 0 aromatic heterocycles. The van der Waals surface area contributed by atoms with Crippen LogP contribution in [0.5, 0.6) is 0 Å². The Morgan fingerprint density at radius 1 is 0.778 bits per heavy atom. The topological polar surface area (TPSA) is 12.0 Å². The van der Waals surface area contributed by atoms with E-state index in [1.165, 1.54) is 77.0 Å². The predicted molar refractivity (Wildman–Crippen MR) is 79.8 cm³/mol. The van der Waals surface area contributed by atoms with E-state index in [-0.39, 0.29) is 0 Å². The Bertz CT molecular complexity index is 182. The van der Waals surface area contributed by atoms with E-state index in [4.69, 9.17) is 0 Å². The van der Waals surface area contributed by atoms with Crippen LogP contribution in [0.2, 0.25) is 0 Å². The maximum atomic E-state index is 3.78. The Morgan fingerprint density at radius 3 is 1.61 bits per heavy atom. The van der Waals surface area contributed by atoms with Crippen LogP contribution in [0.3, 0.4) is 0 Å². The zero-order chi connectivity index (χ0) is 12.6. The SMILES string of the molecule is CCNC(CC1CCCCC1)CC1CCCCC1. The Balaban J connectivity index is 1.74. The molecule has 0 unspecified atom stereocenters. The van der Waals surface area contributed by atoms with Crippen LogP contribution in [0, 0.1) is 11.8 Å². The van der Waals surface area contributed by atoms with Crippen molar-refractivity contribution in [3.63, 3.8) is 0 Å². The first kappa shape index (κ1) is 14.4. The van der Waals surface area contributed by atoms with E-state index >= 15 is 0 Å². The summed E-state index contributed by atoms with van der Waals surface area (Å²) in [5.41, 5.74) is 0. The Labute approximate surface area is 114 Å². The fourth-order valence-electron chi connectivity index (χ4n) is 4.20. The van der Waals surface area contributed by atoms with Crippen molar-refractivity contribution >= 4 is 0 Å². The zero-order valence-electron chi connectivity index (χ0n) is 12.4. The smallest absolute Gasteiger partial charge is 0.00722 e. The van der Waals surface area contributed by atoms with Gasteiger partial charge in [-0.25, -0.2) is 0 Å². The molecule has 0 saturated heterocycles. The molecule has 0 amide bonds. The highest BCUT2D eigenvalue weighted by Crippen LogP contribution is 2.32. The van der Waals surface area contributed by atoms with Crippen LogP contribution in [0.15, 0.2) is 0 Å².